The van der Waals surface area contributed by atoms with E-state index in [-0.39, 0.29) is 5.56 Å². The van der Waals surface area contributed by atoms with Gasteiger partial charge in [-0.2, -0.15) is 0 Å². The standard InChI is InChI=1S/C25H23ClN4O4S/c1-15-8-9-23-27-16(10-24(31)30(23)13-15)14-35-22-7-5-4-6-18(22)28-25(32)29-19-11-17(26)20(33-2)12-21(19)34-3/h4-13H,14H2,1-3H3,(H2,28,29,32). The van der Waals surface area contributed by atoms with Crippen LogP contribution in [0, 0.1) is 6.92 Å². The lowest BCUT2D eigenvalue weighted by Gasteiger charge is -2.15. The molecule has 0 aliphatic rings. The molecule has 0 saturated heterocycles. The number of para-hydroxylation sites is 1. The molecule has 0 spiro atoms. The van der Waals surface area contributed by atoms with E-state index >= 15 is 0 Å². The van der Waals surface area contributed by atoms with E-state index in [4.69, 9.17) is 21.1 Å². The predicted octanol–water partition coefficient (Wildman–Crippen LogP) is 5.61. The van der Waals surface area contributed by atoms with Gasteiger partial charge in [0, 0.05) is 29.0 Å². The number of carbonyl (C=O) groups excluding carboxylic acids is 1. The molecule has 0 radical (unpaired) electrons. The fraction of sp³-hybridized carbons (Fsp3) is 0.160. The van der Waals surface area contributed by atoms with Crippen LogP contribution in [0.25, 0.3) is 5.65 Å². The molecule has 2 aromatic heterocycles. The molecule has 0 saturated carbocycles. The van der Waals surface area contributed by atoms with Gasteiger partial charge in [-0.1, -0.05) is 29.8 Å². The maximum Gasteiger partial charge on any atom is 0.323 e. The molecule has 2 heterocycles. The Morgan fingerprint density at radius 3 is 2.54 bits per heavy atom. The number of urea groups is 1. The minimum atomic E-state index is -0.463. The number of anilines is 2. The molecule has 0 atom stereocenters. The summed E-state index contributed by atoms with van der Waals surface area (Å²) in [7, 11) is 2.99. The number of halogens is 1. The van der Waals surface area contributed by atoms with Gasteiger partial charge in [0.2, 0.25) is 0 Å². The van der Waals surface area contributed by atoms with Crippen molar-refractivity contribution in [3.8, 4) is 11.5 Å². The normalized spacial score (nSPS) is 10.7. The fourth-order valence-corrected chi connectivity index (χ4v) is 4.55. The average molecular weight is 511 g/mol. The van der Waals surface area contributed by atoms with Gasteiger partial charge >= 0.3 is 6.03 Å². The smallest absolute Gasteiger partial charge is 0.323 e. The summed E-state index contributed by atoms with van der Waals surface area (Å²) in [5.41, 5.74) is 3.11. The molecule has 35 heavy (non-hydrogen) atoms. The predicted molar refractivity (Wildman–Crippen MR) is 139 cm³/mol. The lowest BCUT2D eigenvalue weighted by atomic mass is 10.2. The summed E-state index contributed by atoms with van der Waals surface area (Å²) in [6, 6.07) is 15.4. The number of amides is 2. The van der Waals surface area contributed by atoms with Gasteiger partial charge < -0.3 is 20.1 Å². The monoisotopic (exact) mass is 510 g/mol. The van der Waals surface area contributed by atoms with Gasteiger partial charge in [-0.05, 0) is 36.8 Å². The third-order valence-corrected chi connectivity index (χ3v) is 6.50. The number of ether oxygens (including phenoxy) is 2. The summed E-state index contributed by atoms with van der Waals surface area (Å²) >= 11 is 7.67. The van der Waals surface area contributed by atoms with Crippen molar-refractivity contribution >= 4 is 46.4 Å². The average Bonchev–Trinajstić information content (AvgIpc) is 2.84. The maximum absolute atomic E-state index is 12.7. The van der Waals surface area contributed by atoms with Crippen LogP contribution >= 0.6 is 23.4 Å². The first kappa shape index (κ1) is 24.4. The van der Waals surface area contributed by atoms with Gasteiger partial charge in [-0.25, -0.2) is 9.78 Å². The second-order valence-electron chi connectivity index (χ2n) is 7.57. The number of nitrogens with zero attached hydrogens (tertiary/aromatic N) is 2. The highest BCUT2D eigenvalue weighted by molar-refractivity contribution is 7.98. The van der Waals surface area contributed by atoms with E-state index < -0.39 is 6.03 Å². The first-order chi connectivity index (χ1) is 16.9. The largest absolute Gasteiger partial charge is 0.495 e. The molecule has 0 fully saturated rings. The molecule has 0 aliphatic carbocycles. The number of benzene rings is 2. The van der Waals surface area contributed by atoms with Crippen molar-refractivity contribution in [3.05, 3.63) is 87.4 Å². The van der Waals surface area contributed by atoms with Crippen LogP contribution in [0.2, 0.25) is 5.02 Å². The number of hydrogen-bond donors (Lipinski definition) is 2. The second kappa shape index (κ2) is 10.7. The third kappa shape index (κ3) is 5.70. The summed E-state index contributed by atoms with van der Waals surface area (Å²) < 4.78 is 12.1. The number of pyridine rings is 1. The molecule has 4 rings (SSSR count). The van der Waals surface area contributed by atoms with Gasteiger partial charge in [0.1, 0.15) is 17.1 Å². The minimum absolute atomic E-state index is 0.132. The number of thioether (sulfide) groups is 1. The Labute approximate surface area is 211 Å². The number of aryl methyl sites for hydroxylation is 1. The van der Waals surface area contributed by atoms with E-state index in [1.165, 1.54) is 36.4 Å². The highest BCUT2D eigenvalue weighted by Gasteiger charge is 2.14. The first-order valence-electron chi connectivity index (χ1n) is 10.6. The molecule has 2 amide bonds. The van der Waals surface area contributed by atoms with Crippen molar-refractivity contribution in [2.45, 2.75) is 17.6 Å². The first-order valence-corrected chi connectivity index (χ1v) is 11.9. The highest BCUT2D eigenvalue weighted by atomic mass is 35.5. The van der Waals surface area contributed by atoms with E-state index in [1.807, 2.05) is 37.3 Å². The summed E-state index contributed by atoms with van der Waals surface area (Å²) in [4.78, 5) is 30.6. The van der Waals surface area contributed by atoms with Crippen LogP contribution in [0.15, 0.2) is 70.5 Å². The Morgan fingerprint density at radius 1 is 1.03 bits per heavy atom. The second-order valence-corrected chi connectivity index (χ2v) is 9.00. The number of hydrogen-bond acceptors (Lipinski definition) is 6. The third-order valence-electron chi connectivity index (χ3n) is 5.09. The van der Waals surface area contributed by atoms with Crippen LogP contribution in [0.1, 0.15) is 11.3 Å². The summed E-state index contributed by atoms with van der Waals surface area (Å²) in [5.74, 6) is 1.31. The SMILES string of the molecule is COc1cc(OC)c(NC(=O)Nc2ccccc2SCc2cc(=O)n3cc(C)ccc3n2)cc1Cl. The lowest BCUT2D eigenvalue weighted by Crippen LogP contribution is -2.20. The molecular weight excluding hydrogens is 488 g/mol. The molecule has 2 N–H and O–H groups in total. The fourth-order valence-electron chi connectivity index (χ4n) is 3.41. The van der Waals surface area contributed by atoms with Gasteiger partial charge in [-0.3, -0.25) is 9.20 Å². The van der Waals surface area contributed by atoms with Crippen molar-refractivity contribution in [1.29, 1.82) is 0 Å². The van der Waals surface area contributed by atoms with Crippen LogP contribution in [-0.2, 0) is 5.75 Å². The Bertz CT molecular complexity index is 1460. The zero-order valence-electron chi connectivity index (χ0n) is 19.3. The van der Waals surface area contributed by atoms with E-state index in [0.717, 1.165) is 10.5 Å². The van der Waals surface area contributed by atoms with Crippen LogP contribution in [-0.4, -0.2) is 29.6 Å². The number of aromatic nitrogens is 2. The van der Waals surface area contributed by atoms with Crippen molar-refractivity contribution in [3.63, 3.8) is 0 Å². The molecule has 180 valence electrons. The van der Waals surface area contributed by atoms with E-state index in [0.29, 0.717) is 45.0 Å². The number of methoxy groups -OCH3 is 2. The molecule has 0 bridgehead atoms. The van der Waals surface area contributed by atoms with Crippen molar-refractivity contribution in [2.75, 3.05) is 24.9 Å². The summed E-state index contributed by atoms with van der Waals surface area (Å²) in [6.07, 6.45) is 1.77. The topological polar surface area (TPSA) is 94.0 Å². The van der Waals surface area contributed by atoms with Gasteiger partial charge in [0.15, 0.2) is 0 Å². The van der Waals surface area contributed by atoms with E-state index in [9.17, 15) is 9.59 Å². The Balaban J connectivity index is 1.49. The Morgan fingerprint density at radius 2 is 1.77 bits per heavy atom. The lowest BCUT2D eigenvalue weighted by molar-refractivity contribution is 0.262. The van der Waals surface area contributed by atoms with Crippen molar-refractivity contribution < 1.29 is 14.3 Å². The molecule has 2 aromatic carbocycles. The molecule has 0 unspecified atom stereocenters. The van der Waals surface area contributed by atoms with Crippen LogP contribution in [0.5, 0.6) is 11.5 Å². The van der Waals surface area contributed by atoms with Crippen molar-refractivity contribution in [1.82, 2.24) is 9.38 Å². The number of carbonyl (C=O) groups is 1. The molecule has 0 aliphatic heterocycles. The zero-order valence-corrected chi connectivity index (χ0v) is 20.9. The molecular formula is C25H23ClN4O4S. The van der Waals surface area contributed by atoms with Crippen molar-refractivity contribution in [2.24, 2.45) is 0 Å². The van der Waals surface area contributed by atoms with Crippen LogP contribution < -0.4 is 25.7 Å². The maximum atomic E-state index is 12.7. The summed E-state index contributed by atoms with van der Waals surface area (Å²) in [6.45, 7) is 1.93. The molecule has 4 aromatic rings. The number of fused-ring (bicyclic) bond motifs is 1. The minimum Gasteiger partial charge on any atom is -0.495 e. The zero-order chi connectivity index (χ0) is 24.9. The van der Waals surface area contributed by atoms with E-state index in [1.54, 1.807) is 24.4 Å². The van der Waals surface area contributed by atoms with Gasteiger partial charge in [0.05, 0.1) is 36.3 Å². The highest BCUT2D eigenvalue weighted by Crippen LogP contribution is 2.36. The Kier molecular flexibility index (Phi) is 7.48. The molecule has 10 heteroatoms. The van der Waals surface area contributed by atoms with Crippen LogP contribution in [0.4, 0.5) is 16.2 Å². The Hall–Kier alpha value is -3.69. The van der Waals surface area contributed by atoms with Gasteiger partial charge in [-0.15, -0.1) is 11.8 Å². The van der Waals surface area contributed by atoms with Gasteiger partial charge in [0.25, 0.3) is 5.56 Å². The number of nitrogens with one attached hydrogen (secondary N) is 2. The number of rotatable bonds is 7. The molecule has 8 nitrogen and oxygen atoms in total. The quantitative estimate of drug-likeness (QED) is 0.314. The summed E-state index contributed by atoms with van der Waals surface area (Å²) in [5, 5.41) is 5.95. The van der Waals surface area contributed by atoms with E-state index in [2.05, 4.69) is 15.6 Å². The van der Waals surface area contributed by atoms with Crippen LogP contribution in [0.3, 0.4) is 0 Å².